The molecular weight excluding hydrogens is 669 g/mol. The summed E-state index contributed by atoms with van der Waals surface area (Å²) in [7, 11) is 0. The maximum Gasteiger partial charge on any atom is 0.0992 e. The number of para-hydroxylation sites is 1. The van der Waals surface area contributed by atoms with Crippen molar-refractivity contribution in [1.29, 1.82) is 5.26 Å². The topological polar surface area (TPSA) is 54.5 Å². The van der Waals surface area contributed by atoms with Crippen LogP contribution in [0.4, 0.5) is 0 Å². The van der Waals surface area contributed by atoms with Crippen LogP contribution in [0.2, 0.25) is 0 Å². The second-order valence-electron chi connectivity index (χ2n) is 14.2. The van der Waals surface area contributed by atoms with E-state index in [9.17, 15) is 5.26 Å². The smallest absolute Gasteiger partial charge is 0.0992 e. The number of benzene rings is 8. The third-order valence-corrected chi connectivity index (χ3v) is 11.0. The summed E-state index contributed by atoms with van der Waals surface area (Å²) < 4.78 is 2.28. The van der Waals surface area contributed by atoms with Gasteiger partial charge in [-0.3, -0.25) is 9.97 Å². The molecule has 3 heterocycles. The van der Waals surface area contributed by atoms with Gasteiger partial charge in [-0.05, 0) is 152 Å². The monoisotopic (exact) mass is 698 g/mol. The van der Waals surface area contributed by atoms with E-state index in [0.717, 1.165) is 61.3 Å². The van der Waals surface area contributed by atoms with Crippen LogP contribution in [0.25, 0.3) is 105 Å². The number of hydrogen-bond donors (Lipinski definition) is 0. The predicted octanol–water partition coefficient (Wildman–Crippen LogP) is 13.0. The van der Waals surface area contributed by atoms with Crippen molar-refractivity contribution in [3.63, 3.8) is 0 Å². The van der Waals surface area contributed by atoms with Crippen LogP contribution >= 0.6 is 0 Å². The molecule has 0 spiro atoms. The molecule has 0 aliphatic carbocycles. The first-order chi connectivity index (χ1) is 27.2. The molecule has 4 nitrogen and oxygen atoms in total. The third-order valence-electron chi connectivity index (χ3n) is 11.0. The molecule has 55 heavy (non-hydrogen) atoms. The maximum absolute atomic E-state index is 9.73. The van der Waals surface area contributed by atoms with Gasteiger partial charge >= 0.3 is 0 Å². The van der Waals surface area contributed by atoms with Crippen LogP contribution < -0.4 is 0 Å². The van der Waals surface area contributed by atoms with Gasteiger partial charge in [0.2, 0.25) is 0 Å². The lowest BCUT2D eigenvalue weighted by atomic mass is 9.88. The van der Waals surface area contributed by atoms with Crippen molar-refractivity contribution >= 4 is 54.1 Å². The number of hydrogen-bond acceptors (Lipinski definition) is 3. The van der Waals surface area contributed by atoms with E-state index in [1.807, 2.05) is 54.9 Å². The van der Waals surface area contributed by atoms with Crippen LogP contribution in [0.15, 0.2) is 182 Å². The van der Waals surface area contributed by atoms with E-state index >= 15 is 0 Å². The fourth-order valence-corrected chi connectivity index (χ4v) is 8.45. The largest absolute Gasteiger partial charge is 0.309 e. The van der Waals surface area contributed by atoms with Crippen molar-refractivity contribution in [2.24, 2.45) is 0 Å². The third kappa shape index (κ3) is 5.06. The van der Waals surface area contributed by atoms with E-state index in [4.69, 9.17) is 0 Å². The molecule has 0 fully saturated rings. The number of nitrogens with zero attached hydrogens (tertiary/aromatic N) is 4. The van der Waals surface area contributed by atoms with Crippen molar-refractivity contribution < 1.29 is 0 Å². The highest BCUT2D eigenvalue weighted by Gasteiger charge is 2.17. The molecule has 0 amide bonds. The van der Waals surface area contributed by atoms with Crippen molar-refractivity contribution in [3.05, 3.63) is 188 Å². The summed E-state index contributed by atoms with van der Waals surface area (Å²) >= 11 is 0. The van der Waals surface area contributed by atoms with E-state index < -0.39 is 0 Å². The van der Waals surface area contributed by atoms with E-state index in [0.29, 0.717) is 5.56 Å². The van der Waals surface area contributed by atoms with Crippen LogP contribution in [0.1, 0.15) is 5.56 Å². The molecule has 11 rings (SSSR count). The van der Waals surface area contributed by atoms with Crippen molar-refractivity contribution in [2.75, 3.05) is 0 Å². The minimum Gasteiger partial charge on any atom is -0.309 e. The lowest BCUT2D eigenvalue weighted by Crippen LogP contribution is -1.94. The normalized spacial score (nSPS) is 11.6. The molecule has 0 saturated heterocycles. The minimum atomic E-state index is 0.652. The molecule has 3 aromatic heterocycles. The Kier molecular flexibility index (Phi) is 6.89. The number of nitriles is 1. The molecule has 254 valence electrons. The quantitative estimate of drug-likeness (QED) is 0.168. The fraction of sp³-hybridized carbons (Fsp3) is 0. The summed E-state index contributed by atoms with van der Waals surface area (Å²) in [4.78, 5) is 9.36. The minimum absolute atomic E-state index is 0.652. The Bertz CT molecular complexity index is 3180. The zero-order valence-electron chi connectivity index (χ0n) is 29.6. The standard InChI is InChI=1S/C51H30N4/c52-31-32-12-18-44-45-19-17-33(30-49(45)55(48(44)22-32)43-8-2-1-3-9-43)38-23-34-13-15-36-25-39(26-37-16-14-35(24-38)50(34)51(36)37)40-27-41(46-10-4-6-20-53-46)29-42(28-40)47-11-5-7-21-54-47/h1-30H. The van der Waals surface area contributed by atoms with Crippen molar-refractivity contribution in [1.82, 2.24) is 14.5 Å². The number of aromatic nitrogens is 3. The Balaban J connectivity index is 1.06. The molecule has 11 aromatic rings. The SMILES string of the molecule is N#Cc1ccc2c3ccc(-c4cc5ccc6cc(-c7cc(-c8ccccn8)cc(-c8ccccn8)c7)cc7ccc(c4)c5c67)cc3n(-c3ccccc3)c2c1. The van der Waals surface area contributed by atoms with Crippen LogP contribution in [-0.2, 0) is 0 Å². The van der Waals surface area contributed by atoms with Gasteiger partial charge in [-0.15, -0.1) is 0 Å². The van der Waals surface area contributed by atoms with E-state index in [1.54, 1.807) is 0 Å². The Labute approximate surface area is 317 Å². The Morgan fingerprint density at radius 2 is 0.891 bits per heavy atom. The molecule has 0 unspecified atom stereocenters. The van der Waals surface area contributed by atoms with Gasteiger partial charge in [0, 0.05) is 40.0 Å². The van der Waals surface area contributed by atoms with Crippen LogP contribution in [-0.4, -0.2) is 14.5 Å². The lowest BCUT2D eigenvalue weighted by Gasteiger charge is -2.16. The van der Waals surface area contributed by atoms with Crippen LogP contribution in [0.3, 0.4) is 0 Å². The fourth-order valence-electron chi connectivity index (χ4n) is 8.45. The molecule has 0 atom stereocenters. The van der Waals surface area contributed by atoms with Gasteiger partial charge in [-0.1, -0.05) is 72.8 Å². The van der Waals surface area contributed by atoms with Crippen molar-refractivity contribution in [3.8, 4) is 56.5 Å². The molecular formula is C51H30N4. The zero-order valence-corrected chi connectivity index (χ0v) is 29.6. The van der Waals surface area contributed by atoms with Gasteiger partial charge in [-0.2, -0.15) is 5.26 Å². The highest BCUT2D eigenvalue weighted by molar-refractivity contribution is 6.24. The summed E-state index contributed by atoms with van der Waals surface area (Å²) in [6.45, 7) is 0. The molecule has 0 aliphatic rings. The molecule has 0 radical (unpaired) electrons. The molecule has 0 saturated carbocycles. The average Bonchev–Trinajstić information content (AvgIpc) is 3.58. The van der Waals surface area contributed by atoms with E-state index in [1.165, 1.54) is 43.3 Å². The second kappa shape index (κ2) is 12.2. The summed E-state index contributed by atoms with van der Waals surface area (Å²) in [5.41, 5.74) is 12.5. The van der Waals surface area contributed by atoms with Crippen molar-refractivity contribution in [2.45, 2.75) is 0 Å². The molecule has 0 aliphatic heterocycles. The van der Waals surface area contributed by atoms with Gasteiger partial charge in [0.1, 0.15) is 0 Å². The second-order valence-corrected chi connectivity index (χ2v) is 14.2. The lowest BCUT2D eigenvalue weighted by molar-refractivity contribution is 1.18. The number of pyridine rings is 2. The van der Waals surface area contributed by atoms with Gasteiger partial charge in [-0.25, -0.2) is 0 Å². The van der Waals surface area contributed by atoms with E-state index in [2.05, 4.69) is 148 Å². The van der Waals surface area contributed by atoms with Gasteiger partial charge in [0.05, 0.1) is 34.1 Å². The molecule has 0 bridgehead atoms. The first kappa shape index (κ1) is 31.0. The molecule has 4 heteroatoms. The average molecular weight is 699 g/mol. The number of rotatable bonds is 5. The highest BCUT2D eigenvalue weighted by atomic mass is 15.0. The summed E-state index contributed by atoms with van der Waals surface area (Å²) in [5.74, 6) is 0. The highest BCUT2D eigenvalue weighted by Crippen LogP contribution is 2.42. The maximum atomic E-state index is 9.73. The summed E-state index contributed by atoms with van der Waals surface area (Å²) in [5, 5.41) is 19.5. The Hall–Kier alpha value is -7.61. The molecule has 8 aromatic carbocycles. The van der Waals surface area contributed by atoms with Crippen LogP contribution in [0, 0.1) is 11.3 Å². The van der Waals surface area contributed by atoms with Gasteiger partial charge < -0.3 is 4.57 Å². The van der Waals surface area contributed by atoms with Gasteiger partial charge in [0.15, 0.2) is 0 Å². The molecule has 0 N–H and O–H groups in total. The Morgan fingerprint density at radius 3 is 1.44 bits per heavy atom. The van der Waals surface area contributed by atoms with Crippen LogP contribution in [0.5, 0.6) is 0 Å². The first-order valence-corrected chi connectivity index (χ1v) is 18.4. The Morgan fingerprint density at radius 1 is 0.400 bits per heavy atom. The summed E-state index contributed by atoms with van der Waals surface area (Å²) in [6.07, 6.45) is 3.69. The first-order valence-electron chi connectivity index (χ1n) is 18.4. The predicted molar refractivity (Wildman–Crippen MR) is 227 cm³/mol. The summed E-state index contributed by atoms with van der Waals surface area (Å²) in [6, 6.07) is 62.6. The van der Waals surface area contributed by atoms with E-state index in [-0.39, 0.29) is 0 Å². The zero-order chi connectivity index (χ0) is 36.5. The van der Waals surface area contributed by atoms with Gasteiger partial charge in [0.25, 0.3) is 0 Å². The number of fused-ring (bicyclic) bond motifs is 3.